The Labute approximate surface area is 141 Å². The van der Waals surface area contributed by atoms with Crippen LogP contribution in [0.4, 0.5) is 0 Å². The largest absolute Gasteiger partial charge is 0.492 e. The highest BCUT2D eigenvalue weighted by atomic mass is 16.6. The predicted octanol–water partition coefficient (Wildman–Crippen LogP) is 2.87. The fraction of sp³-hybridized carbons (Fsp3) is 0.421. The minimum absolute atomic E-state index is 0.0603. The molecule has 2 N–H and O–H groups in total. The maximum absolute atomic E-state index is 6.30. The highest BCUT2D eigenvalue weighted by Gasteiger charge is 2.47. The van der Waals surface area contributed by atoms with E-state index >= 15 is 0 Å². The molecule has 24 heavy (non-hydrogen) atoms. The predicted molar refractivity (Wildman–Crippen MR) is 91.2 cm³/mol. The molecule has 5 nitrogen and oxygen atoms in total. The first kappa shape index (κ1) is 15.4. The standard InChI is InChI=1S/C19H22N2O3/c1-2-3-13(20)10-23-14-4-5-16-15-6-7-21-9-17(15)19(11-22-12-19)24-18(16)8-14/h4-9,13H,2-3,10-12,20H2,1H3. The van der Waals surface area contributed by atoms with Gasteiger partial charge >= 0.3 is 0 Å². The molecule has 2 aliphatic heterocycles. The number of rotatable bonds is 5. The number of ether oxygens (including phenoxy) is 3. The van der Waals surface area contributed by atoms with Gasteiger partial charge < -0.3 is 19.9 Å². The summed E-state index contributed by atoms with van der Waals surface area (Å²) in [5.74, 6) is 1.62. The van der Waals surface area contributed by atoms with Crippen LogP contribution >= 0.6 is 0 Å². The lowest BCUT2D eigenvalue weighted by atomic mass is 9.84. The Bertz CT molecular complexity index is 743. The quantitative estimate of drug-likeness (QED) is 0.915. The number of fused-ring (bicyclic) bond motifs is 4. The van der Waals surface area contributed by atoms with Gasteiger partial charge in [0.05, 0.1) is 13.2 Å². The molecule has 1 spiro atoms. The number of benzene rings is 1. The molecule has 1 saturated heterocycles. The van der Waals surface area contributed by atoms with Crippen molar-refractivity contribution >= 4 is 0 Å². The number of nitrogens with zero attached hydrogens (tertiary/aromatic N) is 1. The molecule has 1 aromatic heterocycles. The summed E-state index contributed by atoms with van der Waals surface area (Å²) in [4.78, 5) is 4.26. The Morgan fingerprint density at radius 1 is 1.29 bits per heavy atom. The molecule has 0 bridgehead atoms. The van der Waals surface area contributed by atoms with Crippen molar-refractivity contribution in [3.63, 3.8) is 0 Å². The Balaban J connectivity index is 1.63. The lowest BCUT2D eigenvalue weighted by Gasteiger charge is -2.45. The van der Waals surface area contributed by atoms with Gasteiger partial charge in [-0.3, -0.25) is 4.98 Å². The van der Waals surface area contributed by atoms with Crippen LogP contribution in [0.25, 0.3) is 11.1 Å². The van der Waals surface area contributed by atoms with Gasteiger partial charge in [-0.25, -0.2) is 0 Å². The Morgan fingerprint density at radius 2 is 2.17 bits per heavy atom. The normalized spacial score (nSPS) is 18.1. The van der Waals surface area contributed by atoms with Crippen molar-refractivity contribution in [1.29, 1.82) is 0 Å². The van der Waals surface area contributed by atoms with Gasteiger partial charge in [0.15, 0.2) is 5.60 Å². The topological polar surface area (TPSA) is 66.6 Å². The van der Waals surface area contributed by atoms with E-state index < -0.39 is 5.60 Å². The third kappa shape index (κ3) is 2.54. The van der Waals surface area contributed by atoms with Crippen molar-refractivity contribution in [3.8, 4) is 22.6 Å². The van der Waals surface area contributed by atoms with Crippen molar-refractivity contribution in [3.05, 3.63) is 42.2 Å². The Kier molecular flexibility index (Phi) is 3.90. The summed E-state index contributed by atoms with van der Waals surface area (Å²) >= 11 is 0. The fourth-order valence-corrected chi connectivity index (χ4v) is 3.32. The molecule has 0 saturated carbocycles. The van der Waals surface area contributed by atoms with Crippen LogP contribution in [0.2, 0.25) is 0 Å². The van der Waals surface area contributed by atoms with E-state index in [4.69, 9.17) is 19.9 Å². The van der Waals surface area contributed by atoms with Gasteiger partial charge in [0, 0.05) is 35.6 Å². The molecule has 4 rings (SSSR count). The minimum Gasteiger partial charge on any atom is -0.492 e. The first-order valence-electron chi connectivity index (χ1n) is 8.46. The van der Waals surface area contributed by atoms with E-state index in [9.17, 15) is 0 Å². The van der Waals surface area contributed by atoms with E-state index in [0.29, 0.717) is 19.8 Å². The highest BCUT2D eigenvalue weighted by molar-refractivity contribution is 5.77. The van der Waals surface area contributed by atoms with E-state index in [1.165, 1.54) is 0 Å². The molecule has 1 aromatic carbocycles. The molecule has 2 aliphatic rings. The maximum Gasteiger partial charge on any atom is 0.182 e. The van der Waals surface area contributed by atoms with Crippen LogP contribution in [0, 0.1) is 0 Å². The molecule has 1 atom stereocenters. The first-order chi connectivity index (χ1) is 11.7. The van der Waals surface area contributed by atoms with Gasteiger partial charge in [0.25, 0.3) is 0 Å². The Hall–Kier alpha value is -2.11. The smallest absolute Gasteiger partial charge is 0.182 e. The summed E-state index contributed by atoms with van der Waals surface area (Å²) < 4.78 is 17.6. The lowest BCUT2D eigenvalue weighted by molar-refractivity contribution is -0.169. The van der Waals surface area contributed by atoms with Crippen LogP contribution in [-0.2, 0) is 10.3 Å². The van der Waals surface area contributed by atoms with E-state index in [1.54, 1.807) is 0 Å². The van der Waals surface area contributed by atoms with E-state index in [2.05, 4.69) is 11.9 Å². The first-order valence-corrected chi connectivity index (χ1v) is 8.46. The molecule has 2 aromatic rings. The highest BCUT2D eigenvalue weighted by Crippen LogP contribution is 2.48. The molecule has 126 valence electrons. The zero-order valence-electron chi connectivity index (χ0n) is 13.8. The van der Waals surface area contributed by atoms with Gasteiger partial charge in [-0.1, -0.05) is 13.3 Å². The molecule has 1 unspecified atom stereocenters. The number of aromatic nitrogens is 1. The number of nitrogens with two attached hydrogens (primary N) is 1. The van der Waals surface area contributed by atoms with Crippen LogP contribution < -0.4 is 15.2 Å². The van der Waals surface area contributed by atoms with Crippen LogP contribution in [-0.4, -0.2) is 30.8 Å². The van der Waals surface area contributed by atoms with Crippen molar-refractivity contribution in [1.82, 2.24) is 4.98 Å². The fourth-order valence-electron chi connectivity index (χ4n) is 3.32. The van der Waals surface area contributed by atoms with Crippen LogP contribution in [0.15, 0.2) is 36.7 Å². The van der Waals surface area contributed by atoms with Gasteiger partial charge in [0.1, 0.15) is 18.1 Å². The lowest BCUT2D eigenvalue weighted by Crippen LogP contribution is -2.53. The molecule has 3 heterocycles. The number of pyridine rings is 1. The molecule has 0 amide bonds. The SMILES string of the molecule is CCCC(N)COc1ccc2c(c1)OC1(COC1)c1cnccc1-2. The summed E-state index contributed by atoms with van der Waals surface area (Å²) in [6, 6.07) is 8.07. The summed E-state index contributed by atoms with van der Waals surface area (Å²) in [5, 5.41) is 0. The molecule has 0 radical (unpaired) electrons. The van der Waals surface area contributed by atoms with Gasteiger partial charge in [-0.2, -0.15) is 0 Å². The second kappa shape index (κ2) is 6.07. The van der Waals surface area contributed by atoms with Gasteiger partial charge in [0.2, 0.25) is 0 Å². The molecule has 1 fully saturated rings. The average molecular weight is 326 g/mol. The van der Waals surface area contributed by atoms with Crippen LogP contribution in [0.5, 0.6) is 11.5 Å². The minimum atomic E-state index is -0.409. The molecular weight excluding hydrogens is 304 g/mol. The second-order valence-corrected chi connectivity index (χ2v) is 6.53. The average Bonchev–Trinajstić information content (AvgIpc) is 2.58. The van der Waals surface area contributed by atoms with Crippen LogP contribution in [0.1, 0.15) is 25.3 Å². The Morgan fingerprint density at radius 3 is 2.92 bits per heavy atom. The van der Waals surface area contributed by atoms with Crippen molar-refractivity contribution in [2.75, 3.05) is 19.8 Å². The third-order valence-corrected chi connectivity index (χ3v) is 4.65. The summed E-state index contributed by atoms with van der Waals surface area (Å²) in [7, 11) is 0. The third-order valence-electron chi connectivity index (χ3n) is 4.65. The maximum atomic E-state index is 6.30. The zero-order chi connectivity index (χ0) is 16.6. The second-order valence-electron chi connectivity index (χ2n) is 6.53. The monoisotopic (exact) mass is 326 g/mol. The summed E-state index contributed by atoms with van der Waals surface area (Å²) in [5.41, 5.74) is 8.94. The zero-order valence-corrected chi connectivity index (χ0v) is 13.8. The van der Waals surface area contributed by atoms with Crippen LogP contribution in [0.3, 0.4) is 0 Å². The summed E-state index contributed by atoms with van der Waals surface area (Å²) in [6.07, 6.45) is 5.72. The van der Waals surface area contributed by atoms with Crippen molar-refractivity contribution < 1.29 is 14.2 Å². The molecule has 0 aliphatic carbocycles. The van der Waals surface area contributed by atoms with E-state index in [0.717, 1.165) is 41.0 Å². The number of hydrogen-bond acceptors (Lipinski definition) is 5. The van der Waals surface area contributed by atoms with Gasteiger partial charge in [-0.05, 0) is 30.2 Å². The molecule has 5 heteroatoms. The summed E-state index contributed by atoms with van der Waals surface area (Å²) in [6.45, 7) is 3.75. The van der Waals surface area contributed by atoms with E-state index in [1.807, 2.05) is 36.7 Å². The number of hydrogen-bond donors (Lipinski definition) is 1. The van der Waals surface area contributed by atoms with Gasteiger partial charge in [-0.15, -0.1) is 0 Å². The van der Waals surface area contributed by atoms with E-state index in [-0.39, 0.29) is 6.04 Å². The van der Waals surface area contributed by atoms with Crippen molar-refractivity contribution in [2.45, 2.75) is 31.4 Å². The van der Waals surface area contributed by atoms with Crippen molar-refractivity contribution in [2.24, 2.45) is 5.73 Å². The molecular formula is C19H22N2O3.